The Morgan fingerprint density at radius 1 is 1.26 bits per heavy atom. The van der Waals surface area contributed by atoms with E-state index in [0.29, 0.717) is 13.0 Å². The highest BCUT2D eigenvalue weighted by Gasteiger charge is 2.31. The molecule has 1 aliphatic heterocycles. The average molecular weight is 356 g/mol. The molecule has 2 heterocycles. The lowest BCUT2D eigenvalue weighted by molar-refractivity contribution is -0.117. The fraction of sp³-hybridized carbons (Fsp3) is 0.182. The third kappa shape index (κ3) is 2.81. The molecule has 0 radical (unpaired) electrons. The van der Waals surface area contributed by atoms with Crippen molar-refractivity contribution < 1.29 is 4.79 Å². The third-order valence-corrected chi connectivity index (χ3v) is 5.29. The summed E-state index contributed by atoms with van der Waals surface area (Å²) in [5.41, 5.74) is 15.4. The van der Waals surface area contributed by atoms with Crippen LogP contribution in [0.15, 0.2) is 94.2 Å². The minimum absolute atomic E-state index is 0.0385. The van der Waals surface area contributed by atoms with Gasteiger partial charge in [0.2, 0.25) is 5.91 Å². The minimum atomic E-state index is -0.0385. The summed E-state index contributed by atoms with van der Waals surface area (Å²) in [5, 5.41) is 3.00. The van der Waals surface area contributed by atoms with Gasteiger partial charge in [0.1, 0.15) is 0 Å². The van der Waals surface area contributed by atoms with Crippen LogP contribution in [-0.2, 0) is 11.3 Å². The summed E-state index contributed by atoms with van der Waals surface area (Å²) in [6.07, 6.45) is 17.0. The fourth-order valence-electron chi connectivity index (χ4n) is 3.93. The maximum Gasteiger partial charge on any atom is 0.247 e. The van der Waals surface area contributed by atoms with Gasteiger partial charge >= 0.3 is 0 Å². The van der Waals surface area contributed by atoms with Gasteiger partial charge in [-0.3, -0.25) is 15.2 Å². The van der Waals surface area contributed by atoms with Gasteiger partial charge in [0.05, 0.1) is 5.70 Å². The maximum atomic E-state index is 12.7. The zero-order valence-corrected chi connectivity index (χ0v) is 14.9. The van der Waals surface area contributed by atoms with E-state index >= 15 is 0 Å². The van der Waals surface area contributed by atoms with Crippen LogP contribution in [0.5, 0.6) is 0 Å². The van der Waals surface area contributed by atoms with Gasteiger partial charge in [-0.2, -0.15) is 0 Å². The summed E-state index contributed by atoms with van der Waals surface area (Å²) in [7, 11) is 0. The highest BCUT2D eigenvalue weighted by Crippen LogP contribution is 2.40. The maximum absolute atomic E-state index is 12.7. The van der Waals surface area contributed by atoms with Crippen LogP contribution in [-0.4, -0.2) is 10.9 Å². The van der Waals surface area contributed by atoms with Gasteiger partial charge in [-0.25, -0.2) is 0 Å². The van der Waals surface area contributed by atoms with Crippen LogP contribution >= 0.6 is 0 Å². The van der Waals surface area contributed by atoms with E-state index in [2.05, 4.69) is 45.5 Å². The lowest BCUT2D eigenvalue weighted by Gasteiger charge is -2.17. The van der Waals surface area contributed by atoms with E-state index in [4.69, 9.17) is 0 Å². The van der Waals surface area contributed by atoms with Crippen molar-refractivity contribution in [3.05, 3.63) is 99.7 Å². The number of hydrogen-bond donors (Lipinski definition) is 3. The molecule has 4 aliphatic rings. The van der Waals surface area contributed by atoms with Crippen LogP contribution in [0.1, 0.15) is 24.8 Å². The monoisotopic (exact) mass is 356 g/mol. The van der Waals surface area contributed by atoms with Crippen LogP contribution in [0.25, 0.3) is 0 Å². The Morgan fingerprint density at radius 2 is 2.22 bits per heavy atom. The van der Waals surface area contributed by atoms with E-state index in [-0.39, 0.29) is 5.91 Å². The Labute approximate surface area is 157 Å². The Hall–Kier alpha value is -3.34. The number of hydrazine groups is 1. The second kappa shape index (κ2) is 6.43. The number of nitrogens with zero attached hydrogens (tertiary/aromatic N) is 1. The molecule has 0 saturated carbocycles. The van der Waals surface area contributed by atoms with Crippen molar-refractivity contribution in [1.29, 1.82) is 0 Å². The fourth-order valence-corrected chi connectivity index (χ4v) is 3.93. The summed E-state index contributed by atoms with van der Waals surface area (Å²) in [5.74, 6) is -0.0385. The van der Waals surface area contributed by atoms with Gasteiger partial charge < -0.3 is 10.7 Å². The number of hydrogen-bond acceptors (Lipinski definition) is 4. The van der Waals surface area contributed by atoms with Gasteiger partial charge in [0.15, 0.2) is 0 Å². The smallest absolute Gasteiger partial charge is 0.247 e. The molecule has 0 unspecified atom stereocenters. The van der Waals surface area contributed by atoms with Gasteiger partial charge in [-0.1, -0.05) is 30.4 Å². The van der Waals surface area contributed by atoms with Crippen molar-refractivity contribution >= 4 is 5.91 Å². The second-order valence-corrected chi connectivity index (χ2v) is 7.04. The lowest BCUT2D eigenvalue weighted by Crippen LogP contribution is -2.28. The number of aromatic nitrogens is 1. The van der Waals surface area contributed by atoms with Gasteiger partial charge in [-0.15, -0.1) is 0 Å². The standard InChI is InChI=1S/C22H20N4O/c27-22(24-13-14-4-3-9-23-12-14)17-10-16-8-7-15-5-1-2-6-18(15)21-20(16)19(11-17)25-26-21/h2-4,6-10,12,25-26H,1,5,11,13H2,(H,24,27). The molecule has 1 aromatic rings. The Balaban J connectivity index is 1.42. The molecule has 5 nitrogen and oxygen atoms in total. The van der Waals surface area contributed by atoms with Crippen molar-refractivity contribution in [2.24, 2.45) is 0 Å². The highest BCUT2D eigenvalue weighted by molar-refractivity contribution is 5.95. The van der Waals surface area contributed by atoms with Crippen LogP contribution in [0.3, 0.4) is 0 Å². The number of amides is 1. The molecule has 0 spiro atoms. The molecule has 5 rings (SSSR count). The van der Waals surface area contributed by atoms with Crippen LogP contribution in [0.2, 0.25) is 0 Å². The van der Waals surface area contributed by atoms with Crippen molar-refractivity contribution in [1.82, 2.24) is 21.2 Å². The summed E-state index contributed by atoms with van der Waals surface area (Å²) in [6, 6.07) is 3.83. The molecule has 1 amide bonds. The molecule has 1 aromatic heterocycles. The molecule has 0 saturated heterocycles. The molecule has 0 atom stereocenters. The largest absolute Gasteiger partial charge is 0.348 e. The van der Waals surface area contributed by atoms with Gasteiger partial charge in [0, 0.05) is 47.8 Å². The minimum Gasteiger partial charge on any atom is -0.348 e. The molecule has 3 aliphatic carbocycles. The van der Waals surface area contributed by atoms with Crippen molar-refractivity contribution in [2.45, 2.75) is 25.8 Å². The summed E-state index contributed by atoms with van der Waals surface area (Å²) >= 11 is 0. The zero-order chi connectivity index (χ0) is 18.2. The molecular weight excluding hydrogens is 336 g/mol. The van der Waals surface area contributed by atoms with Crippen LogP contribution in [0, 0.1) is 0 Å². The number of pyridine rings is 1. The normalized spacial score (nSPS) is 19.8. The van der Waals surface area contributed by atoms with Gasteiger partial charge in [-0.05, 0) is 41.7 Å². The number of fused-ring (bicyclic) bond motifs is 1. The number of carbonyl (C=O) groups excluding carboxylic acids is 1. The summed E-state index contributed by atoms with van der Waals surface area (Å²) < 4.78 is 0. The Kier molecular flexibility index (Phi) is 3.78. The lowest BCUT2D eigenvalue weighted by atomic mass is 9.88. The zero-order valence-electron chi connectivity index (χ0n) is 14.9. The first-order chi connectivity index (χ1) is 13.3. The molecule has 0 aromatic carbocycles. The predicted octanol–water partition coefficient (Wildman–Crippen LogP) is 2.86. The van der Waals surface area contributed by atoms with E-state index in [1.165, 1.54) is 16.7 Å². The van der Waals surface area contributed by atoms with Crippen molar-refractivity contribution in [3.8, 4) is 0 Å². The van der Waals surface area contributed by atoms with Crippen LogP contribution < -0.4 is 16.2 Å². The summed E-state index contributed by atoms with van der Waals surface area (Å²) in [6.45, 7) is 0.477. The Morgan fingerprint density at radius 3 is 3.11 bits per heavy atom. The molecule has 0 bridgehead atoms. The van der Waals surface area contributed by atoms with Crippen molar-refractivity contribution in [2.75, 3.05) is 0 Å². The molecule has 27 heavy (non-hydrogen) atoms. The number of carbonyl (C=O) groups is 1. The molecular formula is C22H20N4O. The second-order valence-electron chi connectivity index (χ2n) is 7.04. The number of allylic oxidation sites excluding steroid dienone is 9. The SMILES string of the molecule is O=C(NCc1cccnc1)C1=CC2=CC=C3CCC=CC3=C3NNC(=C23)C1. The van der Waals surface area contributed by atoms with E-state index < -0.39 is 0 Å². The number of nitrogens with one attached hydrogen (secondary N) is 3. The van der Waals surface area contributed by atoms with E-state index in [1.807, 2.05) is 18.2 Å². The first-order valence-electron chi connectivity index (χ1n) is 9.25. The van der Waals surface area contributed by atoms with Crippen LogP contribution in [0.4, 0.5) is 0 Å². The molecule has 134 valence electrons. The van der Waals surface area contributed by atoms with E-state index in [1.54, 1.807) is 12.4 Å². The van der Waals surface area contributed by atoms with Gasteiger partial charge in [0.25, 0.3) is 0 Å². The third-order valence-electron chi connectivity index (χ3n) is 5.29. The Bertz CT molecular complexity index is 1010. The average Bonchev–Trinajstić information content (AvgIpc) is 3.07. The highest BCUT2D eigenvalue weighted by atomic mass is 16.1. The van der Waals surface area contributed by atoms with E-state index in [0.717, 1.165) is 40.9 Å². The topological polar surface area (TPSA) is 66.0 Å². The molecule has 5 heteroatoms. The van der Waals surface area contributed by atoms with E-state index in [9.17, 15) is 4.79 Å². The first-order valence-corrected chi connectivity index (χ1v) is 9.25. The number of rotatable bonds is 3. The molecule has 3 N–H and O–H groups in total. The predicted molar refractivity (Wildman–Crippen MR) is 104 cm³/mol. The molecule has 0 fully saturated rings. The van der Waals surface area contributed by atoms with Crippen molar-refractivity contribution in [3.63, 3.8) is 0 Å². The first kappa shape index (κ1) is 15.9. The quantitative estimate of drug-likeness (QED) is 0.779. The summed E-state index contributed by atoms with van der Waals surface area (Å²) in [4.78, 5) is 16.8.